The number of rotatable bonds is 0. The van der Waals surface area contributed by atoms with Crippen molar-refractivity contribution in [3.8, 4) is 0 Å². The van der Waals surface area contributed by atoms with Crippen LogP contribution in [0.2, 0.25) is 0 Å². The number of aryl methyl sites for hydroxylation is 1. The lowest BCUT2D eigenvalue weighted by Crippen LogP contribution is -2.24. The Morgan fingerprint density at radius 1 is 0.255 bits per heavy atom. The maximum Gasteiger partial charge on any atom is 0.181 e. The summed E-state index contributed by atoms with van der Waals surface area (Å²) < 4.78 is 1.23. The molecule has 0 bridgehead atoms. The number of nitrogens with one attached hydrogen (secondary N) is 4. The summed E-state index contributed by atoms with van der Waals surface area (Å²) >= 11 is 3.43. The van der Waals surface area contributed by atoms with Crippen molar-refractivity contribution in [1.29, 1.82) is 0 Å². The van der Waals surface area contributed by atoms with E-state index in [0.717, 1.165) is 159 Å². The summed E-state index contributed by atoms with van der Waals surface area (Å²) in [5.74, 6) is 7.33. The molecule has 14 aromatic heterocycles. The SMILES string of the molecule is CC(C)(C)c1nc(C(C)(C)C)c2[nH]ccc2n1.CC(C)(C)c1nc(C(C)(C)C)c2[nH]cnc2n1.CC(C)(C)c1nc(C(C)(C)C)c2cc[nH]c2n1.CC(C)(C)c1nc(C(C)(C)C)c2ccccc2n1.CC(C)(C)c1nc(C(C)(C)C)c2ccsc2n1.CC(C)(C)c1nc(C(C)(C)C)c2cn[nH]c2n1.CC(C)(C)c1nc(C(C)(C)C)c2sccc2n1.CC(C)(C)c1nc2c(c(C(C)(C)C)n1)CCC2. The van der Waals surface area contributed by atoms with Crippen LogP contribution in [0.5, 0.6) is 0 Å². The third-order valence-corrected chi connectivity index (χ3v) is 24.3. The molecule has 0 fully saturated rings. The highest BCUT2D eigenvalue weighted by Crippen LogP contribution is 2.41. The smallest absolute Gasteiger partial charge is 0.181 e. The molecule has 15 aromatic rings. The van der Waals surface area contributed by atoms with Crippen LogP contribution >= 0.6 is 22.7 Å². The predicted molar refractivity (Wildman–Crippen MR) is 579 cm³/mol. The van der Waals surface area contributed by atoms with Gasteiger partial charge in [-0.25, -0.2) is 84.7 Å². The average Bonchev–Trinajstić information content (AvgIpc) is 1.21. The van der Waals surface area contributed by atoms with Crippen LogP contribution < -0.4 is 0 Å². The van der Waals surface area contributed by atoms with Gasteiger partial charge in [0, 0.05) is 121 Å². The van der Waals surface area contributed by atoms with Gasteiger partial charge < -0.3 is 15.0 Å². The molecular weight excluding hydrogens is 1730 g/mol. The van der Waals surface area contributed by atoms with Crippen molar-refractivity contribution in [3.63, 3.8) is 0 Å². The van der Waals surface area contributed by atoms with E-state index in [1.807, 2.05) is 30.7 Å². The van der Waals surface area contributed by atoms with Crippen molar-refractivity contribution < 1.29 is 0 Å². The lowest BCUT2D eigenvalue weighted by molar-refractivity contribution is 0.507. The Bertz CT molecular complexity index is 5870. The minimum atomic E-state index is -0.0624. The van der Waals surface area contributed by atoms with Gasteiger partial charge in [0.25, 0.3) is 0 Å². The van der Waals surface area contributed by atoms with Crippen LogP contribution in [0.4, 0.5) is 0 Å². The topological polar surface area (TPSA) is 295 Å². The van der Waals surface area contributed by atoms with Gasteiger partial charge in [0.05, 0.1) is 90.2 Å². The second kappa shape index (κ2) is 39.6. The first-order valence-corrected chi connectivity index (χ1v) is 50.7. The first-order valence-electron chi connectivity index (χ1n) is 48.9. The number of fused-ring (bicyclic) bond motifs is 8. The quantitative estimate of drug-likeness (QED) is 0.110. The minimum Gasteiger partial charge on any atom is -0.358 e. The molecule has 4 N–H and O–H groups in total. The fourth-order valence-electron chi connectivity index (χ4n) is 15.0. The van der Waals surface area contributed by atoms with Gasteiger partial charge in [0.1, 0.15) is 62.6 Å². The van der Waals surface area contributed by atoms with E-state index in [1.54, 1.807) is 29.0 Å². The van der Waals surface area contributed by atoms with Gasteiger partial charge in [-0.2, -0.15) is 5.10 Å². The molecule has 0 spiro atoms. The first kappa shape index (κ1) is 111. The van der Waals surface area contributed by atoms with Gasteiger partial charge in [-0.05, 0) is 65.9 Å². The zero-order chi connectivity index (χ0) is 103. The van der Waals surface area contributed by atoms with Crippen LogP contribution in [-0.4, -0.2) is 110 Å². The molecule has 1 aliphatic rings. The van der Waals surface area contributed by atoms with Gasteiger partial charge >= 0.3 is 0 Å². The fourth-order valence-corrected chi connectivity index (χ4v) is 16.8. The first-order chi connectivity index (χ1) is 62.0. The summed E-state index contributed by atoms with van der Waals surface area (Å²) in [6.07, 6.45) is 10.9. The number of H-pyrrole nitrogens is 4. The molecule has 0 aliphatic heterocycles. The molecule has 1 aliphatic carbocycles. The highest BCUT2D eigenvalue weighted by atomic mass is 32.1. The maximum absolute atomic E-state index is 4.88. The molecule has 0 unspecified atom stereocenters. The third kappa shape index (κ3) is 28.0. The van der Waals surface area contributed by atoms with Crippen molar-refractivity contribution >= 4 is 98.3 Å². The largest absolute Gasteiger partial charge is 0.358 e. The molecule has 742 valence electrons. The van der Waals surface area contributed by atoms with Crippen molar-refractivity contribution in [1.82, 2.24) is 110 Å². The Kier molecular flexibility index (Phi) is 32.0. The number of hydrogen-bond acceptors (Lipinski definition) is 20. The van der Waals surface area contributed by atoms with E-state index in [0.29, 0.717) is 0 Å². The third-order valence-electron chi connectivity index (χ3n) is 22.6. The molecule has 24 heteroatoms. The summed E-state index contributed by atoms with van der Waals surface area (Å²) in [6, 6.07) is 16.6. The van der Waals surface area contributed by atoms with Crippen LogP contribution in [0.25, 0.3) is 75.6 Å². The highest BCUT2D eigenvalue weighted by molar-refractivity contribution is 7.17. The van der Waals surface area contributed by atoms with Crippen molar-refractivity contribution in [2.75, 3.05) is 0 Å². The molecule has 0 atom stereocenters. The van der Waals surface area contributed by atoms with Gasteiger partial charge in [-0.1, -0.05) is 351 Å². The van der Waals surface area contributed by atoms with E-state index in [9.17, 15) is 0 Å². The standard InChI is InChI=1S/C16H22N2.C15H24N2.2C14H21N3.2C14H20N2S.2C13H20N4/c1-15(2,3)13-11-9-7-8-10-12(11)17-14(18-13)16(4,5)6;1-14(2,3)12-10-8-7-9-11(10)16-13(17-12)15(4,5)6;1-13(2,3)11-10-9(7-8-15-10)16-12(17-11)14(4,5)6;1-13(2,3)10-9-7-8-15-11(9)17-12(16-10)14(4,5)6;1-13(2,3)11-10-9(7-8-17-10)15-12(16-11)14(4,5)6;1-13(2,3)10-9-7-8-17-11(9)16-12(15-10)14(4,5)6;1-12(2,3)9-8-10(15-7-14-8)17-11(16-9)13(4,5)6;1-12(2,3)9-8-7-14-17-10(8)16-11(15-9)13(4,5)6/h7-10H,1-6H3;7-9H2,1-6H3;7-8,15H,1-6H3;7-8H,1-6H3,(H,15,16,17);2*7-8H,1-6H3;2*7H,1-6H3,(H,14,15,16,17). The Balaban J connectivity index is 0.000000175. The lowest BCUT2D eigenvalue weighted by Gasteiger charge is -2.25. The molecule has 1 aromatic carbocycles. The van der Waals surface area contributed by atoms with E-state index in [-0.39, 0.29) is 86.6 Å². The molecular formula is C113H168N22S2. The zero-order valence-corrected chi connectivity index (χ0v) is 94.7. The molecule has 0 saturated heterocycles. The van der Waals surface area contributed by atoms with Crippen LogP contribution in [0, 0.1) is 0 Å². The molecule has 14 heterocycles. The van der Waals surface area contributed by atoms with Crippen LogP contribution in [0.15, 0.2) is 84.2 Å². The van der Waals surface area contributed by atoms with Gasteiger partial charge in [0.2, 0.25) is 0 Å². The second-order valence-corrected chi connectivity index (χ2v) is 55.3. The molecule has 137 heavy (non-hydrogen) atoms. The number of imidazole rings is 1. The number of nitrogens with zero attached hydrogens (tertiary/aromatic N) is 18. The van der Waals surface area contributed by atoms with Crippen LogP contribution in [-0.2, 0) is 99.5 Å². The number of aromatic nitrogens is 22. The van der Waals surface area contributed by atoms with Gasteiger partial charge in [-0.15, -0.1) is 22.7 Å². The molecule has 0 radical (unpaired) electrons. The molecule has 0 saturated carbocycles. The maximum atomic E-state index is 4.88. The predicted octanol–water partition coefficient (Wildman–Crippen LogP) is 29.4. The number of aromatic amines is 4. The normalized spacial score (nSPS) is 13.6. The van der Waals surface area contributed by atoms with E-state index in [4.69, 9.17) is 49.8 Å². The summed E-state index contributed by atoms with van der Waals surface area (Å²) in [4.78, 5) is 90.5. The minimum absolute atomic E-state index is 0.00181. The number of thiophene rings is 2. The number of para-hydroxylation sites is 1. The highest BCUT2D eigenvalue weighted by Gasteiger charge is 2.36. The Morgan fingerprint density at radius 2 is 0.628 bits per heavy atom. The Labute approximate surface area is 828 Å². The fraction of sp³-hybridized carbons (Fsp3) is 0.593. The summed E-state index contributed by atoms with van der Waals surface area (Å²) in [5.41, 5.74) is 19.6. The average molecular weight is 1900 g/mol. The van der Waals surface area contributed by atoms with Gasteiger partial charge in [-0.3, -0.25) is 5.10 Å². The van der Waals surface area contributed by atoms with Crippen LogP contribution in [0.1, 0.15) is 442 Å². The molecule has 16 rings (SSSR count). The zero-order valence-electron chi connectivity index (χ0n) is 93.1. The van der Waals surface area contributed by atoms with Crippen molar-refractivity contribution in [2.24, 2.45) is 0 Å². The Morgan fingerprint density at radius 3 is 1.11 bits per heavy atom. The van der Waals surface area contributed by atoms with E-state index in [1.165, 1.54) is 39.2 Å². The van der Waals surface area contributed by atoms with E-state index < -0.39 is 0 Å². The second-order valence-electron chi connectivity index (χ2n) is 53.4. The lowest BCUT2D eigenvalue weighted by atomic mass is 9.87. The number of hydrogen-bond donors (Lipinski definition) is 4. The van der Waals surface area contributed by atoms with Crippen molar-refractivity contribution in [2.45, 2.75) is 438 Å². The van der Waals surface area contributed by atoms with E-state index >= 15 is 0 Å². The molecule has 22 nitrogen and oxygen atoms in total. The van der Waals surface area contributed by atoms with Gasteiger partial charge in [0.15, 0.2) is 11.3 Å². The van der Waals surface area contributed by atoms with E-state index in [2.05, 4.69) is 440 Å². The Hall–Kier alpha value is -9.94. The van der Waals surface area contributed by atoms with Crippen LogP contribution in [0.3, 0.4) is 0 Å². The summed E-state index contributed by atoms with van der Waals surface area (Å²) in [6.45, 7) is 104. The summed E-state index contributed by atoms with van der Waals surface area (Å²) in [5, 5.41) is 15.7. The monoisotopic (exact) mass is 1900 g/mol. The molecule has 0 amide bonds. The number of benzene rings is 1. The van der Waals surface area contributed by atoms with Crippen molar-refractivity contribution in [3.05, 3.63) is 188 Å². The summed E-state index contributed by atoms with van der Waals surface area (Å²) in [7, 11) is 0.